The first-order valence-corrected chi connectivity index (χ1v) is 10.6. The van der Waals surface area contributed by atoms with Gasteiger partial charge in [0, 0.05) is 12.6 Å². The van der Waals surface area contributed by atoms with Gasteiger partial charge in [0.15, 0.2) is 0 Å². The minimum absolute atomic E-state index is 0.123. The van der Waals surface area contributed by atoms with Crippen molar-refractivity contribution in [1.29, 1.82) is 0 Å². The lowest BCUT2D eigenvalue weighted by Crippen LogP contribution is -2.41. The zero-order valence-electron chi connectivity index (χ0n) is 15.5. The van der Waals surface area contributed by atoms with Crippen molar-refractivity contribution in [2.75, 3.05) is 25.4 Å². The van der Waals surface area contributed by atoms with E-state index in [9.17, 15) is 8.42 Å². The highest BCUT2D eigenvalue weighted by Gasteiger charge is 2.20. The number of rotatable bonds is 7. The number of sulfonamides is 1. The molecule has 1 atom stereocenters. The summed E-state index contributed by atoms with van der Waals surface area (Å²) >= 11 is 0. The van der Waals surface area contributed by atoms with Crippen LogP contribution >= 0.6 is 0 Å². The smallest absolute Gasteiger partial charge is 0.211 e. The Balaban J connectivity index is 1.81. The molecule has 0 spiro atoms. The van der Waals surface area contributed by atoms with Gasteiger partial charge >= 0.3 is 0 Å². The zero-order chi connectivity index (χ0) is 17.8. The second-order valence-corrected chi connectivity index (χ2v) is 9.88. The molecule has 24 heavy (non-hydrogen) atoms. The summed E-state index contributed by atoms with van der Waals surface area (Å²) in [6.07, 6.45) is 3.00. The maximum absolute atomic E-state index is 12.2. The van der Waals surface area contributed by atoms with E-state index in [2.05, 4.69) is 49.4 Å². The van der Waals surface area contributed by atoms with Crippen molar-refractivity contribution in [3.8, 4) is 0 Å². The van der Waals surface area contributed by atoms with Gasteiger partial charge < -0.3 is 0 Å². The largest absolute Gasteiger partial charge is 0.299 e. The Morgan fingerprint density at radius 1 is 1.12 bits per heavy atom. The van der Waals surface area contributed by atoms with E-state index in [1.807, 2.05) is 12.1 Å². The molecular weight excluding hydrogens is 320 g/mol. The van der Waals surface area contributed by atoms with Gasteiger partial charge in [-0.3, -0.25) is 4.90 Å². The summed E-state index contributed by atoms with van der Waals surface area (Å²) in [5.41, 5.74) is 2.46. The average Bonchev–Trinajstić information content (AvgIpc) is 3.05. The number of hydrogen-bond acceptors (Lipinski definition) is 3. The summed E-state index contributed by atoms with van der Waals surface area (Å²) in [5, 5.41) is 0. The van der Waals surface area contributed by atoms with Gasteiger partial charge in [-0.1, -0.05) is 45.0 Å². The molecule has 5 heteroatoms. The van der Waals surface area contributed by atoms with Gasteiger partial charge in [-0.25, -0.2) is 13.1 Å². The quantitative estimate of drug-likeness (QED) is 0.821. The Morgan fingerprint density at radius 3 is 2.25 bits per heavy atom. The number of likely N-dealkylation sites (tertiary alicyclic amines) is 1. The van der Waals surface area contributed by atoms with Gasteiger partial charge in [-0.05, 0) is 55.8 Å². The molecular formula is C19H32N2O2S. The van der Waals surface area contributed by atoms with Crippen LogP contribution in [0.25, 0.3) is 0 Å². The Kier molecular flexibility index (Phi) is 6.46. The molecule has 0 aliphatic carbocycles. The van der Waals surface area contributed by atoms with Crippen molar-refractivity contribution < 1.29 is 8.42 Å². The van der Waals surface area contributed by atoms with Crippen LogP contribution < -0.4 is 4.72 Å². The van der Waals surface area contributed by atoms with E-state index in [4.69, 9.17) is 0 Å². The van der Waals surface area contributed by atoms with Crippen LogP contribution in [0.3, 0.4) is 0 Å². The van der Waals surface area contributed by atoms with Gasteiger partial charge in [0.05, 0.1) is 5.75 Å². The van der Waals surface area contributed by atoms with E-state index in [-0.39, 0.29) is 17.2 Å². The van der Waals surface area contributed by atoms with E-state index in [0.29, 0.717) is 13.0 Å². The Hall–Kier alpha value is -0.910. The monoisotopic (exact) mass is 352 g/mol. The van der Waals surface area contributed by atoms with Gasteiger partial charge in [-0.15, -0.1) is 0 Å². The molecule has 1 unspecified atom stereocenters. The molecule has 0 bridgehead atoms. The van der Waals surface area contributed by atoms with Gasteiger partial charge in [0.25, 0.3) is 0 Å². The molecule has 1 N–H and O–H groups in total. The molecule has 0 saturated carbocycles. The first kappa shape index (κ1) is 19.4. The van der Waals surface area contributed by atoms with E-state index < -0.39 is 10.0 Å². The molecule has 0 aromatic heterocycles. The number of benzene rings is 1. The standard InChI is InChI=1S/C19H32N2O2S/c1-16(21-12-5-6-13-21)15-20-24(22,23)14-11-17-7-9-18(10-8-17)19(2,3)4/h7-10,16,20H,5-6,11-15H2,1-4H3. The molecule has 1 heterocycles. The molecule has 1 aromatic carbocycles. The van der Waals surface area contributed by atoms with Gasteiger partial charge in [0.1, 0.15) is 0 Å². The fourth-order valence-corrected chi connectivity index (χ4v) is 4.20. The summed E-state index contributed by atoms with van der Waals surface area (Å²) in [4.78, 5) is 2.35. The SMILES string of the molecule is CC(CNS(=O)(=O)CCc1ccc(C(C)(C)C)cc1)N1CCCC1. The normalized spacial score (nSPS) is 18.0. The molecule has 1 fully saturated rings. The Bertz CT molecular complexity index is 612. The van der Waals surface area contributed by atoms with Gasteiger partial charge in [-0.2, -0.15) is 0 Å². The Labute approximate surface area is 147 Å². The predicted molar refractivity (Wildman–Crippen MR) is 101 cm³/mol. The predicted octanol–water partition coefficient (Wildman–Crippen LogP) is 2.93. The molecule has 136 valence electrons. The van der Waals surface area contributed by atoms with Crippen LogP contribution in [-0.4, -0.2) is 44.7 Å². The molecule has 4 nitrogen and oxygen atoms in total. The number of nitrogens with zero attached hydrogens (tertiary/aromatic N) is 1. The second kappa shape index (κ2) is 7.98. The zero-order valence-corrected chi connectivity index (χ0v) is 16.3. The number of aryl methyl sites for hydroxylation is 1. The van der Waals surface area contributed by atoms with Crippen molar-refractivity contribution in [1.82, 2.24) is 9.62 Å². The minimum atomic E-state index is -3.22. The summed E-state index contributed by atoms with van der Waals surface area (Å²) < 4.78 is 27.2. The molecule has 1 aliphatic heterocycles. The molecule has 1 saturated heterocycles. The maximum Gasteiger partial charge on any atom is 0.211 e. The third-order valence-corrected chi connectivity index (χ3v) is 6.19. The summed E-state index contributed by atoms with van der Waals surface area (Å²) in [5.74, 6) is 0.147. The van der Waals surface area contributed by atoms with Crippen LogP contribution in [0, 0.1) is 0 Å². The molecule has 1 aromatic rings. The third-order valence-electron chi connectivity index (χ3n) is 4.84. The van der Waals surface area contributed by atoms with Crippen molar-refractivity contribution in [2.45, 2.75) is 58.4 Å². The lowest BCUT2D eigenvalue weighted by Gasteiger charge is -2.23. The van der Waals surface area contributed by atoms with E-state index in [0.717, 1.165) is 18.7 Å². The number of hydrogen-bond donors (Lipinski definition) is 1. The van der Waals surface area contributed by atoms with Crippen molar-refractivity contribution in [2.24, 2.45) is 0 Å². The third kappa shape index (κ3) is 5.87. The van der Waals surface area contributed by atoms with Crippen LogP contribution in [0.2, 0.25) is 0 Å². The first-order chi connectivity index (χ1) is 11.2. The number of nitrogens with one attached hydrogen (secondary N) is 1. The maximum atomic E-state index is 12.2. The molecule has 0 radical (unpaired) electrons. The lowest BCUT2D eigenvalue weighted by atomic mass is 9.86. The van der Waals surface area contributed by atoms with Crippen LogP contribution in [0.15, 0.2) is 24.3 Å². The first-order valence-electron chi connectivity index (χ1n) is 8.98. The second-order valence-electron chi connectivity index (χ2n) is 7.96. The van der Waals surface area contributed by atoms with Crippen LogP contribution in [-0.2, 0) is 21.9 Å². The van der Waals surface area contributed by atoms with Crippen LogP contribution in [0.5, 0.6) is 0 Å². The van der Waals surface area contributed by atoms with E-state index in [1.165, 1.54) is 18.4 Å². The average molecular weight is 353 g/mol. The summed E-state index contributed by atoms with van der Waals surface area (Å²) in [6.45, 7) is 11.3. The minimum Gasteiger partial charge on any atom is -0.299 e. The van der Waals surface area contributed by atoms with E-state index >= 15 is 0 Å². The highest BCUT2D eigenvalue weighted by atomic mass is 32.2. The lowest BCUT2D eigenvalue weighted by molar-refractivity contribution is 0.260. The van der Waals surface area contributed by atoms with E-state index in [1.54, 1.807) is 0 Å². The molecule has 2 rings (SSSR count). The highest BCUT2D eigenvalue weighted by Crippen LogP contribution is 2.22. The summed E-state index contributed by atoms with van der Waals surface area (Å²) in [6, 6.07) is 8.56. The highest BCUT2D eigenvalue weighted by molar-refractivity contribution is 7.89. The molecule has 1 aliphatic rings. The summed E-state index contributed by atoms with van der Waals surface area (Å²) in [7, 11) is -3.22. The van der Waals surface area contributed by atoms with Crippen LogP contribution in [0.4, 0.5) is 0 Å². The van der Waals surface area contributed by atoms with Crippen molar-refractivity contribution in [3.05, 3.63) is 35.4 Å². The van der Waals surface area contributed by atoms with Gasteiger partial charge in [0.2, 0.25) is 10.0 Å². The Morgan fingerprint density at radius 2 is 1.71 bits per heavy atom. The van der Waals surface area contributed by atoms with Crippen LogP contribution in [0.1, 0.15) is 51.7 Å². The molecule has 0 amide bonds. The van der Waals surface area contributed by atoms with Crippen molar-refractivity contribution in [3.63, 3.8) is 0 Å². The van der Waals surface area contributed by atoms with Crippen molar-refractivity contribution >= 4 is 10.0 Å². The fraction of sp³-hybridized carbons (Fsp3) is 0.684. The fourth-order valence-electron chi connectivity index (χ4n) is 3.05. The topological polar surface area (TPSA) is 49.4 Å².